The normalized spacial score (nSPS) is 21.6. The van der Waals surface area contributed by atoms with Crippen molar-refractivity contribution >= 4 is 5.69 Å². The summed E-state index contributed by atoms with van der Waals surface area (Å²) >= 11 is 0. The van der Waals surface area contributed by atoms with Gasteiger partial charge in [-0.15, -0.1) is 0 Å². The van der Waals surface area contributed by atoms with E-state index in [0.717, 1.165) is 37.6 Å². The molecule has 0 saturated carbocycles. The molecule has 1 atom stereocenters. The van der Waals surface area contributed by atoms with Crippen molar-refractivity contribution in [2.24, 2.45) is 5.92 Å². The Labute approximate surface area is 103 Å². The minimum absolute atomic E-state index is 0.669. The van der Waals surface area contributed by atoms with Gasteiger partial charge in [-0.2, -0.15) is 0 Å². The van der Waals surface area contributed by atoms with E-state index in [1.807, 2.05) is 12.1 Å². The fraction of sp³-hybridized carbons (Fsp3) is 0.615. The van der Waals surface area contributed by atoms with Gasteiger partial charge in [-0.25, -0.2) is 0 Å². The summed E-state index contributed by atoms with van der Waals surface area (Å²) in [5.41, 5.74) is 7.45. The molecule has 1 unspecified atom stereocenters. The molecule has 1 aliphatic rings. The zero-order valence-electron chi connectivity index (χ0n) is 10.4. The number of hydrogen-bond donors (Lipinski definition) is 1. The number of piperidine rings is 1. The van der Waals surface area contributed by atoms with Gasteiger partial charge in [0.1, 0.15) is 0 Å². The zero-order valence-corrected chi connectivity index (χ0v) is 10.4. The molecule has 0 bridgehead atoms. The Kier molecular flexibility index (Phi) is 4.34. The van der Waals surface area contributed by atoms with Crippen molar-refractivity contribution in [2.75, 3.05) is 32.5 Å². The molecule has 0 aliphatic carbocycles. The van der Waals surface area contributed by atoms with Crippen molar-refractivity contribution in [3.05, 3.63) is 24.0 Å². The Morgan fingerprint density at radius 2 is 2.41 bits per heavy atom. The van der Waals surface area contributed by atoms with Crippen molar-refractivity contribution < 1.29 is 4.74 Å². The van der Waals surface area contributed by atoms with E-state index in [1.165, 1.54) is 12.8 Å². The van der Waals surface area contributed by atoms with Gasteiger partial charge in [0.05, 0.1) is 24.2 Å². The Morgan fingerprint density at radius 3 is 3.12 bits per heavy atom. The standard InChI is InChI=1S/C13H21N3O/c1-17-10-11-3-2-6-16(8-11)9-13-5-4-12(14)7-15-13/h4-5,7,11H,2-3,6,8-10,14H2,1H3. The van der Waals surface area contributed by atoms with Crippen LogP contribution < -0.4 is 5.73 Å². The molecule has 1 fully saturated rings. The summed E-state index contributed by atoms with van der Waals surface area (Å²) in [6.45, 7) is 4.05. The molecule has 2 rings (SSSR count). The fourth-order valence-electron chi connectivity index (χ4n) is 2.43. The third-order valence-electron chi connectivity index (χ3n) is 3.24. The molecule has 4 heteroatoms. The molecule has 17 heavy (non-hydrogen) atoms. The maximum Gasteiger partial charge on any atom is 0.0545 e. The van der Waals surface area contributed by atoms with Gasteiger partial charge in [0.2, 0.25) is 0 Å². The number of methoxy groups -OCH3 is 1. The second-order valence-corrected chi connectivity index (χ2v) is 4.78. The Balaban J connectivity index is 1.87. The second-order valence-electron chi connectivity index (χ2n) is 4.78. The van der Waals surface area contributed by atoms with Gasteiger partial charge < -0.3 is 10.5 Å². The summed E-state index contributed by atoms with van der Waals surface area (Å²) in [6, 6.07) is 3.92. The zero-order chi connectivity index (χ0) is 12.1. The van der Waals surface area contributed by atoms with Crippen LogP contribution in [0, 0.1) is 5.92 Å². The first-order valence-corrected chi connectivity index (χ1v) is 6.19. The Hall–Kier alpha value is -1.13. The molecule has 0 amide bonds. The molecule has 1 aromatic rings. The molecule has 0 radical (unpaired) electrons. The third-order valence-corrected chi connectivity index (χ3v) is 3.24. The topological polar surface area (TPSA) is 51.4 Å². The maximum absolute atomic E-state index is 5.63. The van der Waals surface area contributed by atoms with E-state index < -0.39 is 0 Å². The summed E-state index contributed by atoms with van der Waals surface area (Å²) in [5.74, 6) is 0.669. The number of likely N-dealkylation sites (tertiary alicyclic amines) is 1. The van der Waals surface area contributed by atoms with Gasteiger partial charge in [-0.1, -0.05) is 0 Å². The SMILES string of the molecule is COCC1CCCN(Cc2ccc(N)cn2)C1. The van der Waals surface area contributed by atoms with Gasteiger partial charge in [-0.05, 0) is 37.4 Å². The van der Waals surface area contributed by atoms with Crippen molar-refractivity contribution in [1.29, 1.82) is 0 Å². The predicted octanol–water partition coefficient (Wildman–Crippen LogP) is 1.52. The fourth-order valence-corrected chi connectivity index (χ4v) is 2.43. The lowest BCUT2D eigenvalue weighted by Gasteiger charge is -2.32. The van der Waals surface area contributed by atoms with Crippen molar-refractivity contribution in [2.45, 2.75) is 19.4 Å². The first-order valence-electron chi connectivity index (χ1n) is 6.19. The average molecular weight is 235 g/mol. The number of hydrogen-bond acceptors (Lipinski definition) is 4. The molecular formula is C13H21N3O. The molecule has 1 aliphatic heterocycles. The lowest BCUT2D eigenvalue weighted by molar-refractivity contribution is 0.0868. The first kappa shape index (κ1) is 12.3. The number of pyridine rings is 1. The van der Waals surface area contributed by atoms with E-state index in [-0.39, 0.29) is 0 Å². The molecule has 1 aromatic heterocycles. The second kappa shape index (κ2) is 5.98. The van der Waals surface area contributed by atoms with E-state index in [2.05, 4.69) is 9.88 Å². The monoisotopic (exact) mass is 235 g/mol. The van der Waals surface area contributed by atoms with E-state index in [1.54, 1.807) is 13.3 Å². The van der Waals surface area contributed by atoms with Gasteiger partial charge in [-0.3, -0.25) is 9.88 Å². The molecule has 2 heterocycles. The van der Waals surface area contributed by atoms with Crippen LogP contribution in [0.25, 0.3) is 0 Å². The van der Waals surface area contributed by atoms with Crippen LogP contribution in [0.1, 0.15) is 18.5 Å². The van der Waals surface area contributed by atoms with Crippen LogP contribution in [0.4, 0.5) is 5.69 Å². The molecular weight excluding hydrogens is 214 g/mol. The number of rotatable bonds is 4. The van der Waals surface area contributed by atoms with Crippen LogP contribution in [0.5, 0.6) is 0 Å². The van der Waals surface area contributed by atoms with Crippen LogP contribution in [-0.4, -0.2) is 36.7 Å². The van der Waals surface area contributed by atoms with Crippen LogP contribution in [-0.2, 0) is 11.3 Å². The largest absolute Gasteiger partial charge is 0.397 e. The lowest BCUT2D eigenvalue weighted by atomic mass is 9.99. The molecule has 4 nitrogen and oxygen atoms in total. The Bertz CT molecular complexity index is 337. The van der Waals surface area contributed by atoms with Crippen LogP contribution in [0.2, 0.25) is 0 Å². The highest BCUT2D eigenvalue weighted by atomic mass is 16.5. The number of aromatic nitrogens is 1. The predicted molar refractivity (Wildman–Crippen MR) is 68.5 cm³/mol. The molecule has 1 saturated heterocycles. The van der Waals surface area contributed by atoms with E-state index in [9.17, 15) is 0 Å². The highest BCUT2D eigenvalue weighted by Crippen LogP contribution is 2.18. The van der Waals surface area contributed by atoms with E-state index in [4.69, 9.17) is 10.5 Å². The molecule has 0 aromatic carbocycles. The molecule has 0 spiro atoms. The number of anilines is 1. The van der Waals surface area contributed by atoms with Crippen molar-refractivity contribution in [3.63, 3.8) is 0 Å². The van der Waals surface area contributed by atoms with Crippen LogP contribution >= 0.6 is 0 Å². The van der Waals surface area contributed by atoms with Crippen molar-refractivity contribution in [1.82, 2.24) is 9.88 Å². The van der Waals surface area contributed by atoms with E-state index in [0.29, 0.717) is 5.92 Å². The van der Waals surface area contributed by atoms with E-state index >= 15 is 0 Å². The maximum atomic E-state index is 5.63. The van der Waals surface area contributed by atoms with Gasteiger partial charge >= 0.3 is 0 Å². The summed E-state index contributed by atoms with van der Waals surface area (Å²) in [5, 5.41) is 0. The molecule has 2 N–H and O–H groups in total. The number of nitrogen functional groups attached to an aromatic ring is 1. The minimum Gasteiger partial charge on any atom is -0.397 e. The smallest absolute Gasteiger partial charge is 0.0545 e. The van der Waals surface area contributed by atoms with Crippen LogP contribution in [0.3, 0.4) is 0 Å². The number of nitrogens with two attached hydrogens (primary N) is 1. The summed E-state index contributed by atoms with van der Waals surface area (Å²) in [4.78, 5) is 6.80. The van der Waals surface area contributed by atoms with Crippen LogP contribution in [0.15, 0.2) is 18.3 Å². The Morgan fingerprint density at radius 1 is 1.53 bits per heavy atom. The highest BCUT2D eigenvalue weighted by Gasteiger charge is 2.19. The highest BCUT2D eigenvalue weighted by molar-refractivity contribution is 5.34. The lowest BCUT2D eigenvalue weighted by Crippen LogP contribution is -2.36. The van der Waals surface area contributed by atoms with Gasteiger partial charge in [0, 0.05) is 20.2 Å². The summed E-state index contributed by atoms with van der Waals surface area (Å²) < 4.78 is 5.24. The average Bonchev–Trinajstić information content (AvgIpc) is 2.33. The molecule has 94 valence electrons. The third kappa shape index (κ3) is 3.68. The van der Waals surface area contributed by atoms with Crippen molar-refractivity contribution in [3.8, 4) is 0 Å². The summed E-state index contributed by atoms with van der Waals surface area (Å²) in [6.07, 6.45) is 4.26. The quantitative estimate of drug-likeness (QED) is 0.859. The van der Waals surface area contributed by atoms with Gasteiger partial charge in [0.15, 0.2) is 0 Å². The first-order chi connectivity index (χ1) is 8.28. The summed E-state index contributed by atoms with van der Waals surface area (Å²) in [7, 11) is 1.78. The number of ether oxygens (including phenoxy) is 1. The minimum atomic E-state index is 0.669. The van der Waals surface area contributed by atoms with Gasteiger partial charge in [0.25, 0.3) is 0 Å². The number of nitrogens with zero attached hydrogens (tertiary/aromatic N) is 2.